The van der Waals surface area contributed by atoms with E-state index in [0.717, 1.165) is 20.8 Å². The van der Waals surface area contributed by atoms with Crippen LogP contribution in [0.3, 0.4) is 0 Å². The Hall–Kier alpha value is -2.58. The first-order valence-electron chi connectivity index (χ1n) is 11.6. The smallest absolute Gasteiger partial charge is 0.407 e. The highest BCUT2D eigenvalue weighted by Crippen LogP contribution is 2.50. The van der Waals surface area contributed by atoms with Gasteiger partial charge in [-0.1, -0.05) is 20.8 Å². The summed E-state index contributed by atoms with van der Waals surface area (Å²) in [6, 6.07) is 0. The molecule has 0 aliphatic heterocycles. The normalized spacial score (nSPS) is 15.2. The van der Waals surface area contributed by atoms with Crippen LogP contribution in [0, 0.1) is 11.3 Å². The zero-order valence-electron chi connectivity index (χ0n) is 22.1. The quantitative estimate of drug-likeness (QED) is 0.155. The molecule has 0 aliphatic carbocycles. The second-order valence-electron chi connectivity index (χ2n) is 10.5. The van der Waals surface area contributed by atoms with Crippen LogP contribution in [0.1, 0.15) is 33.6 Å². The minimum Gasteiger partial charge on any atom is -0.465 e. The van der Waals surface area contributed by atoms with Gasteiger partial charge >= 0.3 is 60.6 Å². The molecule has 256 valence electrons. The third-order valence-corrected chi connectivity index (χ3v) is 6.04. The number of hydrogen-bond donors (Lipinski definition) is 2. The second-order valence-corrected chi connectivity index (χ2v) is 10.5. The Balaban J connectivity index is 5.67. The zero-order chi connectivity index (χ0) is 34.8. The van der Waals surface area contributed by atoms with Gasteiger partial charge in [-0.05, 0) is 24.2 Å². The predicted molar refractivity (Wildman–Crippen MR) is 113 cm³/mol. The van der Waals surface area contributed by atoms with Gasteiger partial charge in [0.15, 0.2) is 0 Å². The summed E-state index contributed by atoms with van der Waals surface area (Å²) in [5, 5.41) is 18.1. The molecule has 0 saturated heterocycles. The van der Waals surface area contributed by atoms with Crippen LogP contribution in [0.25, 0.3) is 0 Å². The number of halogens is 16. The topological polar surface area (TPSA) is 81.1 Å². The maximum absolute atomic E-state index is 14.0. The fraction of sp³-hybridized carbons (Fsp3) is 0.905. The number of carbonyl (C=O) groups is 2. The van der Waals surface area contributed by atoms with Gasteiger partial charge in [-0.15, -0.1) is 0 Å². The van der Waals surface area contributed by atoms with Crippen molar-refractivity contribution in [1.29, 1.82) is 0 Å². The van der Waals surface area contributed by atoms with Crippen LogP contribution < -0.4 is 0 Å². The molecular weight excluding hydrogens is 648 g/mol. The summed E-state index contributed by atoms with van der Waals surface area (Å²) in [6.45, 7) is -4.40. The number of amides is 2. The summed E-state index contributed by atoms with van der Waals surface area (Å²) in [4.78, 5) is 21.6. The van der Waals surface area contributed by atoms with Crippen LogP contribution in [-0.2, 0) is 0 Å². The van der Waals surface area contributed by atoms with E-state index in [-0.39, 0.29) is 0 Å². The Labute approximate surface area is 232 Å². The van der Waals surface area contributed by atoms with E-state index in [1.165, 1.54) is 0 Å². The SMILES string of the molecule is CC(CCN(CC(F)(F)C(F)(F)C(F)(F)C(F)F)C(=O)O)CC(C)(C)CN(CC(F)(F)C(F)(F)C(F)(F)C(F)F)C(=O)O. The van der Waals surface area contributed by atoms with Gasteiger partial charge in [0.2, 0.25) is 0 Å². The van der Waals surface area contributed by atoms with Crippen molar-refractivity contribution < 1.29 is 90.0 Å². The monoisotopic (exact) mass is 674 g/mol. The summed E-state index contributed by atoms with van der Waals surface area (Å²) in [5.41, 5.74) is -1.61. The first kappa shape index (κ1) is 40.4. The summed E-state index contributed by atoms with van der Waals surface area (Å²) in [6.07, 6.45) is -16.4. The first-order chi connectivity index (χ1) is 18.8. The Morgan fingerprint density at radius 3 is 1.26 bits per heavy atom. The van der Waals surface area contributed by atoms with Gasteiger partial charge < -0.3 is 20.0 Å². The highest BCUT2D eigenvalue weighted by atomic mass is 19.4. The van der Waals surface area contributed by atoms with Crippen molar-refractivity contribution in [3.05, 3.63) is 0 Å². The van der Waals surface area contributed by atoms with E-state index in [1.54, 1.807) is 0 Å². The van der Waals surface area contributed by atoms with Gasteiger partial charge in [-0.2, -0.15) is 52.7 Å². The molecule has 0 aromatic heterocycles. The lowest BCUT2D eigenvalue weighted by molar-refractivity contribution is -0.339. The van der Waals surface area contributed by atoms with Crippen LogP contribution in [0.5, 0.6) is 0 Å². The van der Waals surface area contributed by atoms with Gasteiger partial charge in [0, 0.05) is 13.1 Å². The molecular formula is C21H26F16N2O4. The van der Waals surface area contributed by atoms with Crippen molar-refractivity contribution in [3.63, 3.8) is 0 Å². The minimum atomic E-state index is -6.72. The number of rotatable bonds is 17. The summed E-state index contributed by atoms with van der Waals surface area (Å²) >= 11 is 0. The summed E-state index contributed by atoms with van der Waals surface area (Å²) in [7, 11) is 0. The van der Waals surface area contributed by atoms with Crippen LogP contribution in [0.2, 0.25) is 0 Å². The summed E-state index contributed by atoms with van der Waals surface area (Å²) in [5.74, 6) is -39.6. The molecule has 0 aliphatic rings. The van der Waals surface area contributed by atoms with Crippen molar-refractivity contribution in [3.8, 4) is 0 Å². The Morgan fingerprint density at radius 1 is 0.628 bits per heavy atom. The molecule has 0 aromatic rings. The van der Waals surface area contributed by atoms with E-state index >= 15 is 0 Å². The van der Waals surface area contributed by atoms with E-state index < -0.39 is 121 Å². The molecule has 1 atom stereocenters. The molecule has 2 amide bonds. The van der Waals surface area contributed by atoms with E-state index in [0.29, 0.717) is 0 Å². The average molecular weight is 674 g/mol. The Kier molecular flexibility index (Phi) is 12.4. The van der Waals surface area contributed by atoms with Crippen LogP contribution >= 0.6 is 0 Å². The highest BCUT2D eigenvalue weighted by molar-refractivity contribution is 5.65. The number of nitrogens with zero attached hydrogens (tertiary/aromatic N) is 2. The van der Waals surface area contributed by atoms with Gasteiger partial charge in [0.25, 0.3) is 0 Å². The standard InChI is InChI=1S/C21H26F16N2O4/c1-10(4-5-38(13(40)41)8-16(26,27)20(34,35)18(30,31)11(22)23)6-15(2,3)7-39(14(42)43)9-17(28,29)21(36,37)19(32,33)12(24)25/h10-12H,4-9H2,1-3H3,(H,40,41)(H,42,43). The summed E-state index contributed by atoms with van der Waals surface area (Å²) < 4.78 is 211. The van der Waals surface area contributed by atoms with E-state index in [1.807, 2.05) is 0 Å². The lowest BCUT2D eigenvalue weighted by Gasteiger charge is -2.38. The van der Waals surface area contributed by atoms with Gasteiger partial charge in [0.1, 0.15) is 0 Å². The Morgan fingerprint density at radius 2 is 0.953 bits per heavy atom. The molecule has 0 heterocycles. The van der Waals surface area contributed by atoms with Gasteiger partial charge in [-0.3, -0.25) is 0 Å². The fourth-order valence-corrected chi connectivity index (χ4v) is 3.88. The molecule has 0 fully saturated rings. The van der Waals surface area contributed by atoms with Gasteiger partial charge in [0.05, 0.1) is 13.1 Å². The highest BCUT2D eigenvalue weighted by Gasteiger charge is 2.76. The fourth-order valence-electron chi connectivity index (χ4n) is 3.88. The largest absolute Gasteiger partial charge is 0.465 e. The van der Waals surface area contributed by atoms with Crippen LogP contribution in [-0.4, -0.2) is 107 Å². The molecule has 2 N–H and O–H groups in total. The zero-order valence-corrected chi connectivity index (χ0v) is 22.1. The van der Waals surface area contributed by atoms with Crippen molar-refractivity contribution in [2.45, 2.75) is 82.0 Å². The molecule has 1 unspecified atom stereocenters. The molecule has 0 bridgehead atoms. The Bertz CT molecular complexity index is 961. The molecule has 0 radical (unpaired) electrons. The lowest BCUT2D eigenvalue weighted by atomic mass is 9.81. The third kappa shape index (κ3) is 8.98. The molecule has 0 saturated carbocycles. The molecule has 0 aromatic carbocycles. The molecule has 22 heteroatoms. The number of hydrogen-bond acceptors (Lipinski definition) is 2. The number of carboxylic acid groups (broad SMARTS) is 2. The van der Waals surface area contributed by atoms with Gasteiger partial charge in [-0.25, -0.2) is 27.2 Å². The maximum atomic E-state index is 14.0. The second kappa shape index (κ2) is 13.2. The van der Waals surface area contributed by atoms with E-state index in [2.05, 4.69) is 0 Å². The van der Waals surface area contributed by atoms with Crippen molar-refractivity contribution in [1.82, 2.24) is 9.80 Å². The first-order valence-corrected chi connectivity index (χ1v) is 11.6. The minimum absolute atomic E-state index is 0.435. The maximum Gasteiger partial charge on any atom is 0.407 e. The molecule has 6 nitrogen and oxygen atoms in total. The molecule has 0 rings (SSSR count). The predicted octanol–water partition coefficient (Wildman–Crippen LogP) is 7.73. The van der Waals surface area contributed by atoms with Crippen LogP contribution in [0.4, 0.5) is 79.8 Å². The van der Waals surface area contributed by atoms with E-state index in [9.17, 15) is 79.8 Å². The van der Waals surface area contributed by atoms with E-state index in [4.69, 9.17) is 10.2 Å². The molecule has 0 spiro atoms. The van der Waals surface area contributed by atoms with Crippen LogP contribution in [0.15, 0.2) is 0 Å². The third-order valence-electron chi connectivity index (χ3n) is 6.04. The molecule has 43 heavy (non-hydrogen) atoms. The average Bonchev–Trinajstić information content (AvgIpc) is 2.79. The van der Waals surface area contributed by atoms with Crippen molar-refractivity contribution >= 4 is 12.2 Å². The number of alkyl halides is 16. The lowest BCUT2D eigenvalue weighted by Crippen LogP contribution is -2.62. The van der Waals surface area contributed by atoms with Crippen molar-refractivity contribution in [2.75, 3.05) is 26.2 Å². The van der Waals surface area contributed by atoms with Crippen molar-refractivity contribution in [2.24, 2.45) is 11.3 Å².